The topological polar surface area (TPSA) is 101 Å². The van der Waals surface area contributed by atoms with Crippen LogP contribution in [-0.2, 0) is 4.79 Å². The van der Waals surface area contributed by atoms with Crippen molar-refractivity contribution in [1.29, 1.82) is 0 Å². The van der Waals surface area contributed by atoms with E-state index in [4.69, 9.17) is 4.42 Å². The fraction of sp³-hybridized carbons (Fsp3) is 0.0526. The zero-order valence-corrected chi connectivity index (χ0v) is 13.8. The molecule has 0 bridgehead atoms. The van der Waals surface area contributed by atoms with Crippen molar-refractivity contribution in [2.75, 3.05) is 5.32 Å². The van der Waals surface area contributed by atoms with Crippen LogP contribution in [0.2, 0.25) is 0 Å². The molecule has 0 saturated carbocycles. The number of hydrogen-bond donors (Lipinski definition) is 2. The molecular weight excluding hydrogens is 332 g/mol. The summed E-state index contributed by atoms with van der Waals surface area (Å²) >= 11 is 0. The molecular formula is C19H14N4O3. The first-order chi connectivity index (χ1) is 12.6. The number of nitrogens with zero attached hydrogens (tertiary/aromatic N) is 2. The van der Waals surface area contributed by atoms with Gasteiger partial charge in [-0.1, -0.05) is 18.2 Å². The first kappa shape index (κ1) is 15.8. The number of H-pyrrole nitrogens is 1. The van der Waals surface area contributed by atoms with Crippen molar-refractivity contribution in [1.82, 2.24) is 15.2 Å². The van der Waals surface area contributed by atoms with E-state index >= 15 is 0 Å². The van der Waals surface area contributed by atoms with Crippen molar-refractivity contribution < 1.29 is 14.0 Å². The number of carbonyl (C=O) groups is 2. The maximum absolute atomic E-state index is 12.6. The van der Waals surface area contributed by atoms with Crippen LogP contribution in [0.4, 0.5) is 5.69 Å². The highest BCUT2D eigenvalue weighted by Gasteiger charge is 2.22. The Morgan fingerprint density at radius 1 is 1.08 bits per heavy atom. The summed E-state index contributed by atoms with van der Waals surface area (Å²) in [4.78, 5) is 28.2. The minimum absolute atomic E-state index is 0.383. The number of ketones is 1. The average molecular weight is 346 g/mol. The van der Waals surface area contributed by atoms with Gasteiger partial charge < -0.3 is 14.7 Å². The van der Waals surface area contributed by atoms with Crippen molar-refractivity contribution >= 4 is 28.3 Å². The number of para-hydroxylation sites is 1. The van der Waals surface area contributed by atoms with Crippen LogP contribution < -0.4 is 5.32 Å². The molecule has 2 aromatic heterocycles. The number of fused-ring (bicyclic) bond motifs is 1. The number of aromatic nitrogens is 3. The van der Waals surface area contributed by atoms with Crippen LogP contribution >= 0.6 is 0 Å². The van der Waals surface area contributed by atoms with E-state index in [0.717, 1.165) is 16.5 Å². The summed E-state index contributed by atoms with van der Waals surface area (Å²) in [6.07, 6.45) is 1.24. The molecule has 7 nitrogen and oxygen atoms in total. The zero-order valence-electron chi connectivity index (χ0n) is 13.8. The van der Waals surface area contributed by atoms with E-state index < -0.39 is 11.7 Å². The number of Topliss-reactive ketones (excluding diaryl/α,β-unsaturated/α-hetero) is 1. The Hall–Kier alpha value is -3.74. The number of hydrogen-bond acceptors (Lipinski definition) is 5. The molecule has 0 radical (unpaired) electrons. The van der Waals surface area contributed by atoms with E-state index in [1.54, 1.807) is 31.2 Å². The van der Waals surface area contributed by atoms with Gasteiger partial charge in [-0.05, 0) is 37.3 Å². The number of nitrogens with one attached hydrogen (secondary N) is 2. The summed E-state index contributed by atoms with van der Waals surface area (Å²) in [5.41, 5.74) is 3.10. The third-order valence-electron chi connectivity index (χ3n) is 4.08. The van der Waals surface area contributed by atoms with Crippen LogP contribution in [0.15, 0.2) is 59.3 Å². The second kappa shape index (κ2) is 6.29. The molecule has 4 rings (SSSR count). The van der Waals surface area contributed by atoms with Gasteiger partial charge in [0.1, 0.15) is 0 Å². The van der Waals surface area contributed by atoms with Crippen LogP contribution in [-0.4, -0.2) is 26.9 Å². The molecule has 1 amide bonds. The Morgan fingerprint density at radius 3 is 2.58 bits per heavy atom. The maximum Gasteiger partial charge on any atom is 0.296 e. The fourth-order valence-corrected chi connectivity index (χ4v) is 2.87. The van der Waals surface area contributed by atoms with Crippen LogP contribution in [0.5, 0.6) is 0 Å². The summed E-state index contributed by atoms with van der Waals surface area (Å²) in [5, 5.41) is 10.8. The fourth-order valence-electron chi connectivity index (χ4n) is 2.87. The highest BCUT2D eigenvalue weighted by molar-refractivity contribution is 6.48. The second-order valence-corrected chi connectivity index (χ2v) is 5.78. The molecule has 2 aromatic carbocycles. The van der Waals surface area contributed by atoms with Crippen molar-refractivity contribution in [3.8, 4) is 11.5 Å². The lowest BCUT2D eigenvalue weighted by Crippen LogP contribution is -2.23. The lowest BCUT2D eigenvalue weighted by molar-refractivity contribution is -0.112. The van der Waals surface area contributed by atoms with Crippen molar-refractivity contribution in [3.05, 3.63) is 66.2 Å². The maximum atomic E-state index is 12.6. The number of benzene rings is 2. The van der Waals surface area contributed by atoms with Gasteiger partial charge in [-0.15, -0.1) is 10.2 Å². The third-order valence-corrected chi connectivity index (χ3v) is 4.08. The van der Waals surface area contributed by atoms with Crippen LogP contribution in [0.25, 0.3) is 22.4 Å². The van der Waals surface area contributed by atoms with Gasteiger partial charge in [0.05, 0.1) is 5.56 Å². The van der Waals surface area contributed by atoms with E-state index in [1.165, 1.54) is 6.39 Å². The molecule has 7 heteroatoms. The molecule has 0 spiro atoms. The lowest BCUT2D eigenvalue weighted by atomic mass is 10.1. The van der Waals surface area contributed by atoms with Crippen LogP contribution in [0.3, 0.4) is 0 Å². The van der Waals surface area contributed by atoms with Crippen molar-refractivity contribution in [2.45, 2.75) is 6.92 Å². The number of aromatic amines is 1. The molecule has 128 valence electrons. The predicted molar refractivity (Wildman–Crippen MR) is 95.7 cm³/mol. The van der Waals surface area contributed by atoms with Gasteiger partial charge in [-0.3, -0.25) is 9.59 Å². The summed E-state index contributed by atoms with van der Waals surface area (Å²) in [6, 6.07) is 14.2. The molecule has 0 saturated heterocycles. The van der Waals surface area contributed by atoms with Crippen LogP contribution in [0, 0.1) is 6.92 Å². The molecule has 26 heavy (non-hydrogen) atoms. The van der Waals surface area contributed by atoms with Gasteiger partial charge in [-0.2, -0.15) is 0 Å². The standard InChI is InChI=1S/C19H14N4O3/c1-11-16(14-4-2-3-5-15(14)21-11)17(24)18(25)22-13-8-6-12(7-9-13)19-23-20-10-26-19/h2-10,21H,1H3,(H,22,25). The van der Waals surface area contributed by atoms with Gasteiger partial charge >= 0.3 is 0 Å². The largest absolute Gasteiger partial charge is 0.423 e. The smallest absolute Gasteiger partial charge is 0.296 e. The Morgan fingerprint density at radius 2 is 1.85 bits per heavy atom. The second-order valence-electron chi connectivity index (χ2n) is 5.78. The SMILES string of the molecule is Cc1[nH]c2ccccc2c1C(=O)C(=O)Nc1ccc(-c2nnco2)cc1. The van der Waals surface area contributed by atoms with Crippen molar-refractivity contribution in [2.24, 2.45) is 0 Å². The number of aryl methyl sites for hydroxylation is 1. The third kappa shape index (κ3) is 2.75. The minimum Gasteiger partial charge on any atom is -0.423 e. The van der Waals surface area contributed by atoms with Gasteiger partial charge in [0.2, 0.25) is 12.3 Å². The molecule has 4 aromatic rings. The summed E-state index contributed by atoms with van der Waals surface area (Å²) in [7, 11) is 0. The number of rotatable bonds is 4. The minimum atomic E-state index is -0.691. The normalized spacial score (nSPS) is 10.8. The first-order valence-electron chi connectivity index (χ1n) is 7.93. The Kier molecular flexibility index (Phi) is 3.81. The van der Waals surface area contributed by atoms with Gasteiger partial charge in [0.25, 0.3) is 11.7 Å². The molecule has 0 aliphatic carbocycles. The Bertz CT molecular complexity index is 1100. The van der Waals surface area contributed by atoms with Crippen LogP contribution in [0.1, 0.15) is 16.1 Å². The highest BCUT2D eigenvalue weighted by Crippen LogP contribution is 2.23. The predicted octanol–water partition coefficient (Wildman–Crippen LogP) is 3.35. The quantitative estimate of drug-likeness (QED) is 0.436. The molecule has 2 heterocycles. The monoisotopic (exact) mass is 346 g/mol. The molecule has 0 atom stereocenters. The highest BCUT2D eigenvalue weighted by atomic mass is 16.4. The van der Waals surface area contributed by atoms with Gasteiger partial charge in [0, 0.05) is 27.8 Å². The van der Waals surface area contributed by atoms with E-state index in [9.17, 15) is 9.59 Å². The summed E-state index contributed by atoms with van der Waals surface area (Å²) in [6.45, 7) is 1.78. The molecule has 2 N–H and O–H groups in total. The summed E-state index contributed by atoms with van der Waals surface area (Å²) in [5.74, 6) is -0.891. The first-order valence-corrected chi connectivity index (χ1v) is 7.93. The molecule has 0 aliphatic rings. The molecule has 0 aliphatic heterocycles. The molecule has 0 unspecified atom stereocenters. The average Bonchev–Trinajstić information content (AvgIpc) is 3.29. The number of carbonyl (C=O) groups excluding carboxylic acids is 2. The van der Waals surface area contributed by atoms with Gasteiger partial charge in [-0.25, -0.2) is 0 Å². The van der Waals surface area contributed by atoms with Gasteiger partial charge in [0.15, 0.2) is 0 Å². The molecule has 0 fully saturated rings. The van der Waals surface area contributed by atoms with E-state index in [0.29, 0.717) is 22.8 Å². The van der Waals surface area contributed by atoms with E-state index in [1.807, 2.05) is 24.3 Å². The van der Waals surface area contributed by atoms with Crippen molar-refractivity contribution in [3.63, 3.8) is 0 Å². The van der Waals surface area contributed by atoms with E-state index in [2.05, 4.69) is 20.5 Å². The lowest BCUT2D eigenvalue weighted by Gasteiger charge is -2.05. The zero-order chi connectivity index (χ0) is 18.1. The van der Waals surface area contributed by atoms with E-state index in [-0.39, 0.29) is 0 Å². The number of anilines is 1. The summed E-state index contributed by atoms with van der Waals surface area (Å²) < 4.78 is 5.11. The number of amides is 1. The Labute approximate surface area is 148 Å². The Balaban J connectivity index is 1.56.